The molecule has 3 heterocycles. The van der Waals surface area contributed by atoms with Crippen LogP contribution >= 0.6 is 34.9 Å². The van der Waals surface area contributed by atoms with E-state index < -0.39 is 10.8 Å². The van der Waals surface area contributed by atoms with Crippen molar-refractivity contribution in [3.63, 3.8) is 0 Å². The first-order chi connectivity index (χ1) is 32.8. The Morgan fingerprint density at radius 1 is 0.288 bits per heavy atom. The van der Waals surface area contributed by atoms with Crippen molar-refractivity contribution < 1.29 is 0 Å². The minimum absolute atomic E-state index is 0.504. The fourth-order valence-electron chi connectivity index (χ4n) is 12.5. The summed E-state index contributed by atoms with van der Waals surface area (Å²) < 4.78 is 2.58. The van der Waals surface area contributed by atoms with Crippen LogP contribution in [-0.2, 0) is 10.8 Å². The molecular formula is C62H37NS3. The molecule has 4 aliphatic rings. The van der Waals surface area contributed by atoms with Gasteiger partial charge in [-0.2, -0.15) is 0 Å². The Labute approximate surface area is 396 Å². The van der Waals surface area contributed by atoms with Crippen molar-refractivity contribution in [3.05, 3.63) is 269 Å². The number of benzene rings is 10. The Bertz CT molecular complexity index is 3590. The highest BCUT2D eigenvalue weighted by Gasteiger charge is 2.53. The van der Waals surface area contributed by atoms with Crippen molar-refractivity contribution in [1.82, 2.24) is 0 Å². The van der Waals surface area contributed by atoms with Crippen molar-refractivity contribution in [3.8, 4) is 22.3 Å². The number of fused-ring (bicyclic) bond motifs is 21. The Morgan fingerprint density at radius 2 is 0.652 bits per heavy atom. The van der Waals surface area contributed by atoms with E-state index in [2.05, 4.69) is 229 Å². The SMILES string of the molecule is c1ccc2c(c1)Sc1ccccc1C21c2ccccc2-c2c(N(c3cccc4c3-c3ccccc3C43c4ccccc4Sc4ccccc43)c3cccc4sc5ccccc5c34)cccc21. The third kappa shape index (κ3) is 4.64. The van der Waals surface area contributed by atoms with Crippen LogP contribution in [0.15, 0.2) is 244 Å². The molecule has 0 unspecified atom stereocenters. The van der Waals surface area contributed by atoms with Crippen LogP contribution in [0.3, 0.4) is 0 Å². The largest absolute Gasteiger partial charge is 0.309 e. The molecule has 66 heavy (non-hydrogen) atoms. The van der Waals surface area contributed by atoms with Crippen LogP contribution in [0.1, 0.15) is 44.5 Å². The molecule has 0 atom stereocenters. The van der Waals surface area contributed by atoms with E-state index in [-0.39, 0.29) is 0 Å². The fourth-order valence-corrected chi connectivity index (χ4v) is 16.0. The molecule has 1 aromatic heterocycles. The second-order valence-corrected chi connectivity index (χ2v) is 21.0. The lowest BCUT2D eigenvalue weighted by atomic mass is 9.67. The molecule has 0 fully saturated rings. The summed E-state index contributed by atoms with van der Waals surface area (Å²) in [5.74, 6) is 0. The van der Waals surface area contributed by atoms with Gasteiger partial charge in [-0.05, 0) is 110 Å². The van der Waals surface area contributed by atoms with E-state index >= 15 is 0 Å². The molecule has 1 nitrogen and oxygen atoms in total. The van der Waals surface area contributed by atoms with E-state index in [0.717, 1.165) is 0 Å². The molecule has 4 heteroatoms. The van der Waals surface area contributed by atoms with Crippen LogP contribution in [-0.4, -0.2) is 0 Å². The predicted molar refractivity (Wildman–Crippen MR) is 277 cm³/mol. The summed E-state index contributed by atoms with van der Waals surface area (Å²) in [6.07, 6.45) is 0. The third-order valence-corrected chi connectivity index (χ3v) is 18.2. The quantitative estimate of drug-likeness (QED) is 0.174. The normalized spacial score (nSPS) is 14.8. The van der Waals surface area contributed by atoms with Gasteiger partial charge in [-0.15, -0.1) is 11.3 Å². The molecule has 0 N–H and O–H groups in total. The van der Waals surface area contributed by atoms with Gasteiger partial charge in [-0.3, -0.25) is 0 Å². The number of anilines is 3. The number of hydrogen-bond donors (Lipinski definition) is 0. The maximum atomic E-state index is 2.66. The van der Waals surface area contributed by atoms with Gasteiger partial charge < -0.3 is 4.90 Å². The van der Waals surface area contributed by atoms with E-state index in [9.17, 15) is 0 Å². The molecule has 2 aliphatic heterocycles. The van der Waals surface area contributed by atoms with Crippen molar-refractivity contribution in [2.75, 3.05) is 4.90 Å². The van der Waals surface area contributed by atoms with E-state index in [1.807, 2.05) is 34.9 Å². The average molecular weight is 892 g/mol. The van der Waals surface area contributed by atoms with Crippen LogP contribution < -0.4 is 4.90 Å². The summed E-state index contributed by atoms with van der Waals surface area (Å²) in [5.41, 5.74) is 18.4. The first-order valence-electron chi connectivity index (χ1n) is 22.7. The smallest absolute Gasteiger partial charge is 0.0736 e. The third-order valence-electron chi connectivity index (χ3n) is 14.8. The van der Waals surface area contributed by atoms with Crippen LogP contribution in [0.4, 0.5) is 17.1 Å². The zero-order valence-electron chi connectivity index (χ0n) is 35.5. The maximum Gasteiger partial charge on any atom is 0.0736 e. The van der Waals surface area contributed by atoms with E-state index in [4.69, 9.17) is 0 Å². The first kappa shape index (κ1) is 37.2. The summed E-state index contributed by atoms with van der Waals surface area (Å²) in [5, 5.41) is 2.57. The zero-order valence-corrected chi connectivity index (χ0v) is 38.0. The molecule has 2 spiro atoms. The van der Waals surface area contributed by atoms with Crippen molar-refractivity contribution >= 4 is 72.1 Å². The van der Waals surface area contributed by atoms with E-state index in [1.54, 1.807) is 0 Å². The van der Waals surface area contributed by atoms with Crippen LogP contribution in [0, 0.1) is 0 Å². The van der Waals surface area contributed by atoms with Gasteiger partial charge in [0.1, 0.15) is 0 Å². The molecule has 0 saturated heterocycles. The lowest BCUT2D eigenvalue weighted by molar-refractivity contribution is 0.722. The topological polar surface area (TPSA) is 3.24 Å². The monoisotopic (exact) mass is 891 g/mol. The molecule has 0 amide bonds. The summed E-state index contributed by atoms with van der Waals surface area (Å²) in [4.78, 5) is 7.90. The molecular weight excluding hydrogens is 855 g/mol. The number of nitrogens with zero attached hydrogens (tertiary/aromatic N) is 1. The second-order valence-electron chi connectivity index (χ2n) is 17.8. The summed E-state index contributed by atoms with van der Waals surface area (Å²) in [6.45, 7) is 0. The van der Waals surface area contributed by atoms with Gasteiger partial charge in [0.2, 0.25) is 0 Å². The predicted octanol–water partition coefficient (Wildman–Crippen LogP) is 17.2. The Morgan fingerprint density at radius 3 is 1.15 bits per heavy atom. The minimum atomic E-state index is -0.504. The van der Waals surface area contributed by atoms with Gasteiger partial charge in [0.25, 0.3) is 0 Å². The molecule has 0 radical (unpaired) electrons. The minimum Gasteiger partial charge on any atom is -0.309 e. The lowest BCUT2D eigenvalue weighted by Gasteiger charge is -2.40. The average Bonchev–Trinajstić information content (AvgIpc) is 4.01. The number of rotatable bonds is 3. The molecule has 15 rings (SSSR count). The molecule has 11 aromatic rings. The van der Waals surface area contributed by atoms with Crippen molar-refractivity contribution in [1.29, 1.82) is 0 Å². The van der Waals surface area contributed by atoms with Crippen LogP contribution in [0.25, 0.3) is 42.4 Å². The molecule has 2 aliphatic carbocycles. The van der Waals surface area contributed by atoms with Crippen LogP contribution in [0.2, 0.25) is 0 Å². The molecule has 0 saturated carbocycles. The summed E-state index contributed by atoms with van der Waals surface area (Å²) in [6, 6.07) is 85.2. The van der Waals surface area contributed by atoms with Gasteiger partial charge in [0, 0.05) is 50.9 Å². The summed E-state index contributed by atoms with van der Waals surface area (Å²) in [7, 11) is 0. The van der Waals surface area contributed by atoms with Crippen molar-refractivity contribution in [2.24, 2.45) is 0 Å². The Balaban J connectivity index is 1.10. The molecule has 10 aromatic carbocycles. The van der Waals surface area contributed by atoms with E-state index in [0.29, 0.717) is 0 Å². The maximum absolute atomic E-state index is 2.66. The highest BCUT2D eigenvalue weighted by molar-refractivity contribution is 7.99. The first-order valence-corrected chi connectivity index (χ1v) is 25.1. The zero-order chi connectivity index (χ0) is 43.1. The fraction of sp³-hybridized carbons (Fsp3) is 0.0323. The van der Waals surface area contributed by atoms with E-state index in [1.165, 1.54) is 124 Å². The van der Waals surface area contributed by atoms with Gasteiger partial charge in [0.05, 0.1) is 27.9 Å². The highest BCUT2D eigenvalue weighted by atomic mass is 32.2. The summed E-state index contributed by atoms with van der Waals surface area (Å²) >= 11 is 5.68. The second kappa shape index (κ2) is 13.7. The number of hydrogen-bond acceptors (Lipinski definition) is 4. The van der Waals surface area contributed by atoms with Crippen LogP contribution in [0.5, 0.6) is 0 Å². The Kier molecular flexibility index (Phi) is 7.73. The molecule has 0 bridgehead atoms. The molecule has 308 valence electrons. The Hall–Kier alpha value is -7.08. The standard InChI is InChI=1S/C62H37NS3/c1-4-21-41-38(18-1)58-47(61(41)43-23-6-11-33-53(43)65-54-34-12-7-24-44(54)61)27-15-29-49(58)63(51-31-17-37-57-60(51)40-20-3-10-32-52(40)64-57)50-30-16-28-48-59(50)39-19-2-5-22-42(39)62(48)45-25-8-13-35-55(45)66-56-36-14-9-26-46(56)62/h1-37H. The number of thiophene rings is 1. The van der Waals surface area contributed by atoms with Gasteiger partial charge >= 0.3 is 0 Å². The lowest BCUT2D eigenvalue weighted by Crippen LogP contribution is -2.32. The van der Waals surface area contributed by atoms with Crippen molar-refractivity contribution in [2.45, 2.75) is 30.4 Å². The van der Waals surface area contributed by atoms with Gasteiger partial charge in [-0.1, -0.05) is 193 Å². The highest BCUT2D eigenvalue weighted by Crippen LogP contribution is 2.67. The van der Waals surface area contributed by atoms with Gasteiger partial charge in [-0.25, -0.2) is 0 Å². The van der Waals surface area contributed by atoms with Gasteiger partial charge in [0.15, 0.2) is 0 Å².